The summed E-state index contributed by atoms with van der Waals surface area (Å²) in [6.07, 6.45) is 0.691. The van der Waals surface area contributed by atoms with Crippen molar-refractivity contribution in [1.29, 1.82) is 0 Å². The molecule has 5 heteroatoms. The van der Waals surface area contributed by atoms with E-state index in [2.05, 4.69) is 10.1 Å². The molecule has 5 nitrogen and oxygen atoms in total. The molecule has 0 aliphatic carbocycles. The quantitative estimate of drug-likeness (QED) is 0.773. The van der Waals surface area contributed by atoms with Crippen LogP contribution in [0.5, 0.6) is 5.75 Å². The summed E-state index contributed by atoms with van der Waals surface area (Å²) in [6.45, 7) is 5.58. The molecular weight excluding hydrogens is 244 g/mol. The molecule has 0 spiro atoms. The zero-order chi connectivity index (χ0) is 13.8. The topological polar surface area (TPSA) is 65.2 Å². The standard InChI is InChI=1S/C14H16N2O3/c1-4-14-15-13(16-19-14)8-18-12-6-5-9(2)7-11(12)10(3)17/h5-7H,4,8H2,1-3H3. The highest BCUT2D eigenvalue weighted by atomic mass is 16.5. The Morgan fingerprint density at radius 2 is 2.21 bits per heavy atom. The third-order valence-electron chi connectivity index (χ3n) is 2.68. The Morgan fingerprint density at radius 3 is 2.84 bits per heavy atom. The Bertz CT molecular complexity index is 590. The molecule has 2 rings (SSSR count). The number of ketones is 1. The van der Waals surface area contributed by atoms with Gasteiger partial charge in [-0.05, 0) is 26.0 Å². The molecule has 1 aromatic heterocycles. The Kier molecular flexibility index (Phi) is 3.94. The van der Waals surface area contributed by atoms with Crippen molar-refractivity contribution < 1.29 is 14.1 Å². The van der Waals surface area contributed by atoms with Crippen molar-refractivity contribution in [3.05, 3.63) is 41.0 Å². The van der Waals surface area contributed by atoms with Crippen LogP contribution in [0.3, 0.4) is 0 Å². The first kappa shape index (κ1) is 13.3. The maximum atomic E-state index is 11.6. The first-order chi connectivity index (χ1) is 9.10. The summed E-state index contributed by atoms with van der Waals surface area (Å²) >= 11 is 0. The number of hydrogen-bond donors (Lipinski definition) is 0. The van der Waals surface area contributed by atoms with E-state index in [4.69, 9.17) is 9.26 Å². The first-order valence-electron chi connectivity index (χ1n) is 6.16. The second kappa shape index (κ2) is 5.65. The lowest BCUT2D eigenvalue weighted by atomic mass is 10.1. The Balaban J connectivity index is 2.12. The summed E-state index contributed by atoms with van der Waals surface area (Å²) < 4.78 is 10.6. The summed E-state index contributed by atoms with van der Waals surface area (Å²) in [5.74, 6) is 1.57. The van der Waals surface area contributed by atoms with Crippen LogP contribution in [0.25, 0.3) is 0 Å². The Morgan fingerprint density at radius 1 is 1.42 bits per heavy atom. The number of carbonyl (C=O) groups excluding carboxylic acids is 1. The summed E-state index contributed by atoms with van der Waals surface area (Å²) in [5.41, 5.74) is 1.59. The van der Waals surface area contributed by atoms with Crippen LogP contribution in [0.2, 0.25) is 0 Å². The minimum atomic E-state index is -0.0268. The van der Waals surface area contributed by atoms with E-state index in [1.807, 2.05) is 26.0 Å². The molecule has 0 atom stereocenters. The maximum Gasteiger partial charge on any atom is 0.226 e. The molecule has 0 aliphatic rings. The molecule has 0 aliphatic heterocycles. The molecule has 0 bridgehead atoms. The van der Waals surface area contributed by atoms with Crippen LogP contribution in [-0.4, -0.2) is 15.9 Å². The SMILES string of the molecule is CCc1nc(COc2ccc(C)cc2C(C)=O)no1. The van der Waals surface area contributed by atoms with E-state index in [1.165, 1.54) is 6.92 Å². The molecule has 0 saturated heterocycles. The van der Waals surface area contributed by atoms with Gasteiger partial charge in [-0.3, -0.25) is 4.79 Å². The van der Waals surface area contributed by atoms with Crippen molar-refractivity contribution in [3.63, 3.8) is 0 Å². The van der Waals surface area contributed by atoms with E-state index < -0.39 is 0 Å². The number of Topliss-reactive ketones (excluding diaryl/α,β-unsaturated/α-hetero) is 1. The van der Waals surface area contributed by atoms with E-state index in [0.717, 1.165) is 5.56 Å². The molecule has 100 valence electrons. The van der Waals surface area contributed by atoms with Crippen LogP contribution in [0.4, 0.5) is 0 Å². The van der Waals surface area contributed by atoms with E-state index in [1.54, 1.807) is 6.07 Å². The van der Waals surface area contributed by atoms with Gasteiger partial charge in [0, 0.05) is 6.42 Å². The van der Waals surface area contributed by atoms with Crippen molar-refractivity contribution in [3.8, 4) is 5.75 Å². The van der Waals surface area contributed by atoms with Crippen LogP contribution >= 0.6 is 0 Å². The summed E-state index contributed by atoms with van der Waals surface area (Å²) in [4.78, 5) is 15.7. The minimum Gasteiger partial charge on any atom is -0.485 e. The predicted molar refractivity (Wildman–Crippen MR) is 69.2 cm³/mol. The second-order valence-corrected chi connectivity index (χ2v) is 4.30. The zero-order valence-electron chi connectivity index (χ0n) is 11.3. The highest BCUT2D eigenvalue weighted by Gasteiger charge is 2.11. The van der Waals surface area contributed by atoms with Gasteiger partial charge in [0.15, 0.2) is 12.4 Å². The fraction of sp³-hybridized carbons (Fsp3) is 0.357. The van der Waals surface area contributed by atoms with Crippen molar-refractivity contribution in [2.45, 2.75) is 33.8 Å². The molecule has 0 amide bonds. The van der Waals surface area contributed by atoms with E-state index in [-0.39, 0.29) is 12.4 Å². The van der Waals surface area contributed by atoms with Gasteiger partial charge in [0.25, 0.3) is 0 Å². The zero-order valence-corrected chi connectivity index (χ0v) is 11.3. The molecule has 1 heterocycles. The molecule has 0 saturated carbocycles. The number of rotatable bonds is 5. The van der Waals surface area contributed by atoms with Crippen molar-refractivity contribution >= 4 is 5.78 Å². The number of hydrogen-bond acceptors (Lipinski definition) is 5. The van der Waals surface area contributed by atoms with Gasteiger partial charge in [0.1, 0.15) is 5.75 Å². The van der Waals surface area contributed by atoms with Crippen LogP contribution < -0.4 is 4.74 Å². The van der Waals surface area contributed by atoms with Crippen LogP contribution in [-0.2, 0) is 13.0 Å². The van der Waals surface area contributed by atoms with Gasteiger partial charge in [-0.15, -0.1) is 0 Å². The molecule has 0 fully saturated rings. The summed E-state index contributed by atoms with van der Waals surface area (Å²) in [7, 11) is 0. The second-order valence-electron chi connectivity index (χ2n) is 4.30. The average molecular weight is 260 g/mol. The lowest BCUT2D eigenvalue weighted by Crippen LogP contribution is -2.03. The number of benzene rings is 1. The van der Waals surface area contributed by atoms with E-state index in [9.17, 15) is 4.79 Å². The summed E-state index contributed by atoms with van der Waals surface area (Å²) in [5, 5.41) is 3.80. The van der Waals surface area contributed by atoms with Gasteiger partial charge in [-0.25, -0.2) is 0 Å². The first-order valence-corrected chi connectivity index (χ1v) is 6.16. The smallest absolute Gasteiger partial charge is 0.226 e. The number of ether oxygens (including phenoxy) is 1. The summed E-state index contributed by atoms with van der Waals surface area (Å²) in [6, 6.07) is 5.49. The van der Waals surface area contributed by atoms with Crippen molar-refractivity contribution in [2.75, 3.05) is 0 Å². The van der Waals surface area contributed by atoms with Gasteiger partial charge in [0.05, 0.1) is 5.56 Å². The van der Waals surface area contributed by atoms with Gasteiger partial charge in [-0.1, -0.05) is 23.7 Å². The van der Waals surface area contributed by atoms with Crippen LogP contribution in [0, 0.1) is 6.92 Å². The van der Waals surface area contributed by atoms with Gasteiger partial charge in [-0.2, -0.15) is 4.98 Å². The number of carbonyl (C=O) groups is 1. The molecular formula is C14H16N2O3. The molecule has 0 N–H and O–H groups in total. The minimum absolute atomic E-state index is 0.0268. The fourth-order valence-electron chi connectivity index (χ4n) is 1.68. The average Bonchev–Trinajstić information content (AvgIpc) is 2.85. The van der Waals surface area contributed by atoms with Gasteiger partial charge in [0.2, 0.25) is 11.7 Å². The lowest BCUT2D eigenvalue weighted by Gasteiger charge is -2.08. The monoisotopic (exact) mass is 260 g/mol. The fourth-order valence-corrected chi connectivity index (χ4v) is 1.68. The maximum absolute atomic E-state index is 11.6. The normalized spacial score (nSPS) is 10.5. The molecule has 1 aromatic carbocycles. The predicted octanol–water partition coefficient (Wildman–Crippen LogP) is 2.72. The van der Waals surface area contributed by atoms with Crippen molar-refractivity contribution in [1.82, 2.24) is 10.1 Å². The van der Waals surface area contributed by atoms with Gasteiger partial charge < -0.3 is 9.26 Å². The molecule has 0 unspecified atom stereocenters. The Hall–Kier alpha value is -2.17. The molecule has 0 radical (unpaired) electrons. The van der Waals surface area contributed by atoms with E-state index in [0.29, 0.717) is 29.4 Å². The number of nitrogens with zero attached hydrogens (tertiary/aromatic N) is 2. The third kappa shape index (κ3) is 3.19. The number of aromatic nitrogens is 2. The highest BCUT2D eigenvalue weighted by Crippen LogP contribution is 2.21. The van der Waals surface area contributed by atoms with Crippen LogP contribution in [0.1, 0.15) is 41.5 Å². The Labute approximate surface area is 111 Å². The molecule has 2 aromatic rings. The molecule has 19 heavy (non-hydrogen) atoms. The van der Waals surface area contributed by atoms with Gasteiger partial charge >= 0.3 is 0 Å². The van der Waals surface area contributed by atoms with E-state index >= 15 is 0 Å². The highest BCUT2D eigenvalue weighted by molar-refractivity contribution is 5.97. The number of aryl methyl sites for hydroxylation is 2. The third-order valence-corrected chi connectivity index (χ3v) is 2.68. The van der Waals surface area contributed by atoms with Crippen LogP contribution in [0.15, 0.2) is 22.7 Å². The largest absolute Gasteiger partial charge is 0.485 e. The lowest BCUT2D eigenvalue weighted by molar-refractivity contribution is 0.101. The van der Waals surface area contributed by atoms with Crippen molar-refractivity contribution in [2.24, 2.45) is 0 Å².